The quantitative estimate of drug-likeness (QED) is 0.449. The van der Waals surface area contributed by atoms with E-state index in [-0.39, 0.29) is 18.7 Å². The van der Waals surface area contributed by atoms with Crippen molar-refractivity contribution in [3.8, 4) is 11.1 Å². The van der Waals surface area contributed by atoms with E-state index in [1.54, 1.807) is 33.8 Å². The number of esters is 2. The second-order valence-corrected chi connectivity index (χ2v) is 10.6. The molecule has 3 rings (SSSR count). The van der Waals surface area contributed by atoms with Gasteiger partial charge in [-0.15, -0.1) is 0 Å². The molecule has 0 radical (unpaired) electrons. The fourth-order valence-electron chi connectivity index (χ4n) is 4.01. The van der Waals surface area contributed by atoms with Crippen LogP contribution in [0.2, 0.25) is 0 Å². The first-order chi connectivity index (χ1) is 16.1. The molecule has 8 heteroatoms. The molecule has 0 saturated carbocycles. The molecule has 1 fully saturated rings. The van der Waals surface area contributed by atoms with E-state index in [1.165, 1.54) is 26.0 Å². The molecule has 2 aromatic rings. The first-order valence-corrected chi connectivity index (χ1v) is 11.5. The summed E-state index contributed by atoms with van der Waals surface area (Å²) in [6.07, 6.45) is -0.434. The lowest BCUT2D eigenvalue weighted by atomic mass is 9.83. The van der Waals surface area contributed by atoms with Crippen LogP contribution in [0.3, 0.4) is 0 Å². The number of hydrogen-bond donors (Lipinski definition) is 1. The number of benzene rings is 2. The van der Waals surface area contributed by atoms with Crippen molar-refractivity contribution in [3.05, 3.63) is 59.9 Å². The molecule has 0 aliphatic carbocycles. The van der Waals surface area contributed by atoms with Crippen LogP contribution in [0.25, 0.3) is 11.1 Å². The Bertz CT molecular complexity index is 1090. The predicted molar refractivity (Wildman–Crippen MR) is 128 cm³/mol. The number of amides is 1. The lowest BCUT2D eigenvalue weighted by Crippen LogP contribution is -2.54. The van der Waals surface area contributed by atoms with Crippen molar-refractivity contribution in [1.82, 2.24) is 5.32 Å². The number of rotatable bonds is 6. The normalized spacial score (nSPS) is 17.7. The maximum Gasteiger partial charge on any atom is 0.408 e. The van der Waals surface area contributed by atoms with Crippen molar-refractivity contribution in [2.75, 3.05) is 0 Å². The summed E-state index contributed by atoms with van der Waals surface area (Å²) in [5.41, 5.74) is 0.622. The number of halogens is 1. The molecule has 0 unspecified atom stereocenters. The van der Waals surface area contributed by atoms with E-state index >= 15 is 0 Å². The summed E-state index contributed by atoms with van der Waals surface area (Å²) in [6, 6.07) is 13.7. The lowest BCUT2D eigenvalue weighted by molar-refractivity contribution is -0.241. The maximum atomic E-state index is 13.6. The van der Waals surface area contributed by atoms with Gasteiger partial charge >= 0.3 is 18.0 Å². The average Bonchev–Trinajstić information content (AvgIpc) is 2.69. The van der Waals surface area contributed by atoms with Gasteiger partial charge in [-0.3, -0.25) is 9.59 Å². The summed E-state index contributed by atoms with van der Waals surface area (Å²) in [7, 11) is 0. The molecule has 188 valence electrons. The van der Waals surface area contributed by atoms with E-state index in [9.17, 15) is 18.8 Å². The smallest absolute Gasteiger partial charge is 0.408 e. The Hall–Kier alpha value is -3.42. The van der Waals surface area contributed by atoms with Crippen LogP contribution in [-0.4, -0.2) is 35.0 Å². The molecule has 1 aliphatic heterocycles. The van der Waals surface area contributed by atoms with Gasteiger partial charge in [0, 0.05) is 19.4 Å². The van der Waals surface area contributed by atoms with Gasteiger partial charge in [0.15, 0.2) is 5.92 Å². The van der Waals surface area contributed by atoms with E-state index in [4.69, 9.17) is 14.2 Å². The van der Waals surface area contributed by atoms with Crippen molar-refractivity contribution >= 4 is 18.0 Å². The van der Waals surface area contributed by atoms with Crippen molar-refractivity contribution in [2.24, 2.45) is 5.92 Å². The van der Waals surface area contributed by atoms with Gasteiger partial charge in [0.1, 0.15) is 11.4 Å². The first kappa shape index (κ1) is 26.2. The van der Waals surface area contributed by atoms with Crippen molar-refractivity contribution in [2.45, 2.75) is 71.3 Å². The summed E-state index contributed by atoms with van der Waals surface area (Å²) in [5.74, 6) is -4.27. The van der Waals surface area contributed by atoms with Crippen LogP contribution < -0.4 is 5.32 Å². The number of carbonyl (C=O) groups excluding carboxylic acids is 3. The fourth-order valence-corrected chi connectivity index (χ4v) is 4.01. The van der Waals surface area contributed by atoms with Gasteiger partial charge in [0.2, 0.25) is 0 Å². The van der Waals surface area contributed by atoms with Crippen LogP contribution in [0.1, 0.15) is 53.5 Å². The minimum absolute atomic E-state index is 0.0500. The zero-order valence-electron chi connectivity index (χ0n) is 20.9. The van der Waals surface area contributed by atoms with Gasteiger partial charge in [0.05, 0.1) is 0 Å². The van der Waals surface area contributed by atoms with Gasteiger partial charge in [-0.25, -0.2) is 9.18 Å². The van der Waals surface area contributed by atoms with Crippen molar-refractivity contribution < 1.29 is 33.0 Å². The van der Waals surface area contributed by atoms with Gasteiger partial charge in [-0.05, 0) is 69.4 Å². The van der Waals surface area contributed by atoms with Crippen LogP contribution in [-0.2, 0) is 30.2 Å². The summed E-state index contributed by atoms with van der Waals surface area (Å²) in [5, 5.41) is 2.84. The molecular weight excluding hydrogens is 453 g/mol. The molecule has 0 bridgehead atoms. The highest BCUT2D eigenvalue weighted by atomic mass is 19.1. The number of cyclic esters (lactones) is 2. The Kier molecular flexibility index (Phi) is 7.24. The molecule has 1 atom stereocenters. The van der Waals surface area contributed by atoms with Gasteiger partial charge in [-0.1, -0.05) is 36.4 Å². The Morgan fingerprint density at radius 2 is 1.60 bits per heavy atom. The third-order valence-corrected chi connectivity index (χ3v) is 5.43. The maximum absolute atomic E-state index is 13.6. The Morgan fingerprint density at radius 3 is 2.14 bits per heavy atom. The number of carbonyl (C=O) groups is 3. The molecule has 2 aromatic carbocycles. The fraction of sp³-hybridized carbons (Fsp3) is 0.444. The molecule has 1 heterocycles. The van der Waals surface area contributed by atoms with Gasteiger partial charge in [-0.2, -0.15) is 0 Å². The van der Waals surface area contributed by atoms with E-state index in [1.807, 2.05) is 30.3 Å². The third-order valence-electron chi connectivity index (χ3n) is 5.43. The van der Waals surface area contributed by atoms with Crippen molar-refractivity contribution in [1.29, 1.82) is 0 Å². The zero-order valence-corrected chi connectivity index (χ0v) is 20.9. The van der Waals surface area contributed by atoms with E-state index < -0.39 is 40.9 Å². The van der Waals surface area contributed by atoms with E-state index in [2.05, 4.69) is 5.32 Å². The number of nitrogens with one attached hydrogen (secondary N) is 1. The third kappa shape index (κ3) is 7.28. The molecule has 35 heavy (non-hydrogen) atoms. The van der Waals surface area contributed by atoms with Crippen LogP contribution in [0, 0.1) is 11.7 Å². The number of hydrogen-bond acceptors (Lipinski definition) is 6. The minimum atomic E-state index is -1.34. The molecule has 0 spiro atoms. The molecule has 7 nitrogen and oxygen atoms in total. The van der Waals surface area contributed by atoms with Crippen LogP contribution in [0.15, 0.2) is 48.5 Å². The second kappa shape index (κ2) is 9.68. The van der Waals surface area contributed by atoms with Crippen molar-refractivity contribution in [3.63, 3.8) is 0 Å². The highest BCUT2D eigenvalue weighted by Gasteiger charge is 2.47. The number of alkyl carbamates (subject to hydrolysis) is 1. The van der Waals surface area contributed by atoms with E-state index in [0.717, 1.165) is 16.7 Å². The highest BCUT2D eigenvalue weighted by Crippen LogP contribution is 2.31. The summed E-state index contributed by atoms with van der Waals surface area (Å²) < 4.78 is 29.5. The minimum Gasteiger partial charge on any atom is -0.444 e. The topological polar surface area (TPSA) is 90.9 Å². The first-order valence-electron chi connectivity index (χ1n) is 11.5. The Balaban J connectivity index is 1.84. The Morgan fingerprint density at radius 1 is 1.00 bits per heavy atom. The summed E-state index contributed by atoms with van der Waals surface area (Å²) in [6.45, 7) is 9.93. The molecule has 1 amide bonds. The standard InChI is InChI=1S/C27H32FNO6/c1-25(2,3)35-24(32)29-27(6,16-21-22(30)33-26(4,5)34-23(21)31)15-17-10-12-18(13-11-17)19-8-7-9-20(28)14-19/h7-14,21H,15-16H2,1-6H3,(H,29,32)/t27-/m0/s1. The van der Waals surface area contributed by atoms with Crippen LogP contribution in [0.4, 0.5) is 9.18 Å². The number of ether oxygens (including phenoxy) is 3. The molecular formula is C27H32FNO6. The average molecular weight is 486 g/mol. The molecule has 1 saturated heterocycles. The summed E-state index contributed by atoms with van der Waals surface area (Å²) >= 11 is 0. The molecule has 1 aliphatic rings. The zero-order chi connectivity index (χ0) is 26.0. The highest BCUT2D eigenvalue weighted by molar-refractivity contribution is 5.96. The molecule has 0 aromatic heterocycles. The summed E-state index contributed by atoms with van der Waals surface area (Å²) in [4.78, 5) is 37.8. The predicted octanol–water partition coefficient (Wildman–Crippen LogP) is 5.16. The van der Waals surface area contributed by atoms with Gasteiger partial charge < -0.3 is 19.5 Å². The van der Waals surface area contributed by atoms with Crippen LogP contribution >= 0.6 is 0 Å². The Labute approximate surface area is 204 Å². The monoisotopic (exact) mass is 485 g/mol. The lowest BCUT2D eigenvalue weighted by Gasteiger charge is -2.38. The van der Waals surface area contributed by atoms with Crippen LogP contribution in [0.5, 0.6) is 0 Å². The SMILES string of the molecule is CC(C)(C)OC(=O)N[C@@](C)(Cc1ccc(-c2cccc(F)c2)cc1)CC1C(=O)OC(C)(C)OC1=O. The van der Waals surface area contributed by atoms with E-state index in [0.29, 0.717) is 0 Å². The largest absolute Gasteiger partial charge is 0.444 e. The second-order valence-electron chi connectivity index (χ2n) is 10.6. The molecule has 1 N–H and O–H groups in total. The van der Waals surface area contributed by atoms with Gasteiger partial charge in [0.25, 0.3) is 5.79 Å².